The van der Waals surface area contributed by atoms with Gasteiger partial charge < -0.3 is 15.0 Å². The molecule has 1 fully saturated rings. The first-order chi connectivity index (χ1) is 15.0. The number of rotatable bonds is 7. The summed E-state index contributed by atoms with van der Waals surface area (Å²) >= 11 is 0. The highest BCUT2D eigenvalue weighted by atomic mass is 32.2. The van der Waals surface area contributed by atoms with Crippen molar-refractivity contribution in [3.05, 3.63) is 48.5 Å². The zero-order valence-electron chi connectivity index (χ0n) is 18.7. The van der Waals surface area contributed by atoms with Crippen molar-refractivity contribution in [1.82, 2.24) is 4.72 Å². The van der Waals surface area contributed by atoms with Crippen LogP contribution >= 0.6 is 0 Å². The van der Waals surface area contributed by atoms with Gasteiger partial charge in [-0.05, 0) is 76.2 Å². The van der Waals surface area contributed by atoms with E-state index in [9.17, 15) is 18.0 Å². The van der Waals surface area contributed by atoms with E-state index < -0.39 is 21.5 Å². The quantitative estimate of drug-likeness (QED) is 0.662. The van der Waals surface area contributed by atoms with Gasteiger partial charge in [0.25, 0.3) is 0 Å². The minimum absolute atomic E-state index is 0.112. The molecule has 0 radical (unpaired) electrons. The molecule has 0 saturated carbocycles. The molecule has 2 amide bonds. The van der Waals surface area contributed by atoms with Crippen LogP contribution in [-0.2, 0) is 19.6 Å². The van der Waals surface area contributed by atoms with Gasteiger partial charge in [0, 0.05) is 29.9 Å². The first-order valence-corrected chi connectivity index (χ1v) is 11.9. The van der Waals surface area contributed by atoms with Crippen LogP contribution in [0.5, 0.6) is 5.75 Å². The zero-order valence-corrected chi connectivity index (χ0v) is 19.5. The Hall–Kier alpha value is -2.91. The van der Waals surface area contributed by atoms with Crippen LogP contribution in [0.4, 0.5) is 11.4 Å². The molecule has 0 spiro atoms. The van der Waals surface area contributed by atoms with Crippen molar-refractivity contribution in [2.75, 3.05) is 23.4 Å². The average molecular weight is 460 g/mol. The van der Waals surface area contributed by atoms with Crippen LogP contribution in [0.15, 0.2) is 53.4 Å². The number of amides is 2. The van der Waals surface area contributed by atoms with Gasteiger partial charge in [0.2, 0.25) is 21.8 Å². The molecular formula is C23H29N3O5S. The molecule has 2 N–H and O–H groups in total. The molecule has 2 aromatic carbocycles. The van der Waals surface area contributed by atoms with Crippen molar-refractivity contribution in [3.8, 4) is 5.75 Å². The largest absolute Gasteiger partial charge is 0.494 e. The molecule has 1 saturated heterocycles. The summed E-state index contributed by atoms with van der Waals surface area (Å²) in [5.41, 5.74) is 0.585. The molecule has 9 heteroatoms. The minimum Gasteiger partial charge on any atom is -0.494 e. The Balaban J connectivity index is 1.63. The van der Waals surface area contributed by atoms with Crippen LogP contribution < -0.4 is 19.7 Å². The van der Waals surface area contributed by atoms with Gasteiger partial charge >= 0.3 is 0 Å². The third-order valence-corrected chi connectivity index (χ3v) is 6.60. The predicted octanol–water partition coefficient (Wildman–Crippen LogP) is 3.15. The Morgan fingerprint density at radius 3 is 2.28 bits per heavy atom. The van der Waals surface area contributed by atoms with E-state index in [1.807, 2.05) is 6.92 Å². The number of sulfonamides is 1. The van der Waals surface area contributed by atoms with E-state index in [-0.39, 0.29) is 29.7 Å². The molecule has 0 aliphatic carbocycles. The molecular weight excluding hydrogens is 430 g/mol. The summed E-state index contributed by atoms with van der Waals surface area (Å²) in [6.07, 6.45) is 0.112. The predicted molar refractivity (Wildman–Crippen MR) is 123 cm³/mol. The van der Waals surface area contributed by atoms with Gasteiger partial charge in [0.05, 0.1) is 17.4 Å². The summed E-state index contributed by atoms with van der Waals surface area (Å²) in [5.74, 6) is -0.181. The van der Waals surface area contributed by atoms with Gasteiger partial charge in [0.1, 0.15) is 5.75 Å². The van der Waals surface area contributed by atoms with Crippen LogP contribution in [0.25, 0.3) is 0 Å². The highest BCUT2D eigenvalue weighted by Crippen LogP contribution is 2.28. The molecule has 1 aliphatic heterocycles. The zero-order chi connectivity index (χ0) is 23.5. The SMILES string of the molecule is CCOc1ccc(N2CC(C(=O)Nc3ccc(S(=O)(=O)NC(C)(C)C)cc3)CC2=O)cc1. The number of carbonyl (C=O) groups excluding carboxylic acids is 2. The normalized spacial score (nSPS) is 16.8. The Labute approximate surface area is 189 Å². The fourth-order valence-corrected chi connectivity index (χ4v) is 4.86. The number of hydrogen-bond acceptors (Lipinski definition) is 5. The van der Waals surface area contributed by atoms with Gasteiger partial charge in [-0.3, -0.25) is 9.59 Å². The molecule has 1 unspecified atom stereocenters. The average Bonchev–Trinajstić information content (AvgIpc) is 3.09. The van der Waals surface area contributed by atoms with Gasteiger partial charge in [-0.2, -0.15) is 0 Å². The van der Waals surface area contributed by atoms with Crippen molar-refractivity contribution >= 4 is 33.2 Å². The smallest absolute Gasteiger partial charge is 0.241 e. The Morgan fingerprint density at radius 1 is 1.09 bits per heavy atom. The highest BCUT2D eigenvalue weighted by molar-refractivity contribution is 7.89. The van der Waals surface area contributed by atoms with Crippen LogP contribution in [0.1, 0.15) is 34.1 Å². The van der Waals surface area contributed by atoms with E-state index in [0.29, 0.717) is 12.3 Å². The molecule has 0 bridgehead atoms. The van der Waals surface area contributed by atoms with Crippen molar-refractivity contribution in [3.63, 3.8) is 0 Å². The minimum atomic E-state index is -3.65. The van der Waals surface area contributed by atoms with Crippen LogP contribution in [0.2, 0.25) is 0 Å². The lowest BCUT2D eigenvalue weighted by atomic mass is 10.1. The number of nitrogens with zero attached hydrogens (tertiary/aromatic N) is 1. The van der Waals surface area contributed by atoms with E-state index in [0.717, 1.165) is 11.4 Å². The summed E-state index contributed by atoms with van der Waals surface area (Å²) in [6.45, 7) is 8.03. The fourth-order valence-electron chi connectivity index (χ4n) is 3.45. The summed E-state index contributed by atoms with van der Waals surface area (Å²) in [7, 11) is -3.65. The van der Waals surface area contributed by atoms with Crippen molar-refractivity contribution in [2.45, 2.75) is 44.6 Å². The van der Waals surface area contributed by atoms with Crippen molar-refractivity contribution < 1.29 is 22.7 Å². The lowest BCUT2D eigenvalue weighted by molar-refractivity contribution is -0.122. The number of hydrogen-bond donors (Lipinski definition) is 2. The Morgan fingerprint density at radius 2 is 1.72 bits per heavy atom. The fraction of sp³-hybridized carbons (Fsp3) is 0.391. The first kappa shape index (κ1) is 23.7. The van der Waals surface area contributed by atoms with Crippen molar-refractivity contribution in [1.29, 1.82) is 0 Å². The second-order valence-corrected chi connectivity index (χ2v) is 10.4. The third-order valence-electron chi connectivity index (χ3n) is 4.83. The molecule has 172 valence electrons. The van der Waals surface area contributed by atoms with Crippen molar-refractivity contribution in [2.24, 2.45) is 5.92 Å². The lowest BCUT2D eigenvalue weighted by Crippen LogP contribution is -2.40. The van der Waals surface area contributed by atoms with Crippen LogP contribution in [0.3, 0.4) is 0 Å². The Bertz CT molecular complexity index is 1070. The van der Waals surface area contributed by atoms with E-state index in [2.05, 4.69) is 10.0 Å². The first-order valence-electron chi connectivity index (χ1n) is 10.5. The molecule has 8 nitrogen and oxygen atoms in total. The van der Waals surface area contributed by atoms with Crippen LogP contribution in [0, 0.1) is 5.92 Å². The Kier molecular flexibility index (Phi) is 6.90. The molecule has 3 rings (SSSR count). The van der Waals surface area contributed by atoms with E-state index >= 15 is 0 Å². The summed E-state index contributed by atoms with van der Waals surface area (Å²) in [4.78, 5) is 26.9. The van der Waals surface area contributed by atoms with Gasteiger partial charge in [-0.15, -0.1) is 0 Å². The molecule has 0 aromatic heterocycles. The van der Waals surface area contributed by atoms with Gasteiger partial charge in [-0.25, -0.2) is 13.1 Å². The highest BCUT2D eigenvalue weighted by Gasteiger charge is 2.35. The molecule has 1 aliphatic rings. The molecule has 32 heavy (non-hydrogen) atoms. The number of benzene rings is 2. The molecule has 1 atom stereocenters. The number of carbonyl (C=O) groups is 2. The maximum Gasteiger partial charge on any atom is 0.241 e. The number of ether oxygens (including phenoxy) is 1. The molecule has 2 aromatic rings. The summed E-state index contributed by atoms with van der Waals surface area (Å²) in [5, 5.41) is 2.78. The maximum atomic E-state index is 12.7. The molecule has 1 heterocycles. The van der Waals surface area contributed by atoms with Gasteiger partial charge in [0.15, 0.2) is 0 Å². The maximum absolute atomic E-state index is 12.7. The lowest BCUT2D eigenvalue weighted by Gasteiger charge is -2.20. The second-order valence-electron chi connectivity index (χ2n) is 8.70. The van der Waals surface area contributed by atoms with E-state index in [1.165, 1.54) is 24.3 Å². The van der Waals surface area contributed by atoms with E-state index in [4.69, 9.17) is 4.74 Å². The third kappa shape index (κ3) is 5.86. The van der Waals surface area contributed by atoms with Gasteiger partial charge in [-0.1, -0.05) is 0 Å². The van der Waals surface area contributed by atoms with Crippen LogP contribution in [-0.4, -0.2) is 38.9 Å². The topological polar surface area (TPSA) is 105 Å². The number of anilines is 2. The second kappa shape index (κ2) is 9.30. The standard InChI is InChI=1S/C23H29N3O5S/c1-5-31-19-10-8-18(9-11-19)26-15-16(14-21(26)27)22(28)24-17-6-12-20(13-7-17)32(29,30)25-23(2,3)4/h6-13,16,25H,5,14-15H2,1-4H3,(H,24,28). The number of nitrogens with one attached hydrogen (secondary N) is 2. The summed E-state index contributed by atoms with van der Waals surface area (Å²) < 4.78 is 32.8. The van der Waals surface area contributed by atoms with E-state index in [1.54, 1.807) is 49.9 Å². The summed E-state index contributed by atoms with van der Waals surface area (Å²) in [6, 6.07) is 13.1. The monoisotopic (exact) mass is 459 g/mol.